The molecule has 0 unspecified atom stereocenters. The first-order valence-corrected chi connectivity index (χ1v) is 7.07. The molecule has 0 atom stereocenters. The van der Waals surface area contributed by atoms with E-state index in [-0.39, 0.29) is 12.1 Å². The van der Waals surface area contributed by atoms with E-state index in [1.165, 1.54) is 39.0 Å². The lowest BCUT2D eigenvalue weighted by molar-refractivity contribution is -0.142. The lowest BCUT2D eigenvalue weighted by Gasteiger charge is -2.15. The zero-order chi connectivity index (χ0) is 12.9. The highest BCUT2D eigenvalue weighted by atomic mass is 16.5. The maximum Gasteiger partial charge on any atom is 0.302 e. The van der Waals surface area contributed by atoms with Crippen molar-refractivity contribution in [2.75, 3.05) is 0 Å². The third-order valence-electron chi connectivity index (χ3n) is 3.01. The van der Waals surface area contributed by atoms with Crippen molar-refractivity contribution in [3.8, 4) is 0 Å². The van der Waals surface area contributed by atoms with Crippen molar-refractivity contribution in [1.29, 1.82) is 0 Å². The van der Waals surface area contributed by atoms with Gasteiger partial charge in [-0.15, -0.1) is 0 Å². The molecule has 0 spiro atoms. The topological polar surface area (TPSA) is 26.3 Å². The molecule has 3 rings (SSSR count). The Kier molecular flexibility index (Phi) is 5.48. The Balaban J connectivity index is 0.000000137. The van der Waals surface area contributed by atoms with Crippen LogP contribution in [0.5, 0.6) is 0 Å². The molecular weight excluding hydrogens is 212 g/mol. The molecule has 0 radical (unpaired) electrons. The summed E-state index contributed by atoms with van der Waals surface area (Å²) < 4.78 is 4.72. The van der Waals surface area contributed by atoms with Crippen LogP contribution in [-0.4, -0.2) is 12.1 Å². The van der Waals surface area contributed by atoms with Gasteiger partial charge in [-0.05, 0) is 37.0 Å². The maximum absolute atomic E-state index is 10.1. The van der Waals surface area contributed by atoms with Crippen LogP contribution in [-0.2, 0) is 9.53 Å². The highest BCUT2D eigenvalue weighted by Crippen LogP contribution is 2.44. The summed E-state index contributed by atoms with van der Waals surface area (Å²) in [6.45, 7) is 8.41. The van der Waals surface area contributed by atoms with Crippen molar-refractivity contribution < 1.29 is 9.53 Å². The molecule has 3 aliphatic carbocycles. The van der Waals surface area contributed by atoms with Crippen LogP contribution >= 0.6 is 0 Å². The molecule has 0 bridgehead atoms. The second-order valence-electron chi connectivity index (χ2n) is 6.51. The molecule has 0 heterocycles. The summed E-state index contributed by atoms with van der Waals surface area (Å²) in [4.78, 5) is 10.1. The number of carbonyl (C=O) groups excluding carboxylic acids is 1. The summed E-state index contributed by atoms with van der Waals surface area (Å²) >= 11 is 0. The Morgan fingerprint density at radius 3 is 1.53 bits per heavy atom. The van der Waals surface area contributed by atoms with Gasteiger partial charge in [0.1, 0.15) is 6.10 Å². The Bertz CT molecular complexity index is 227. The van der Waals surface area contributed by atoms with Gasteiger partial charge < -0.3 is 4.74 Å². The lowest BCUT2D eigenvalue weighted by atomic mass is 9.91. The number of rotatable bonds is 1. The zero-order valence-corrected chi connectivity index (χ0v) is 11.9. The second-order valence-corrected chi connectivity index (χ2v) is 6.51. The molecule has 2 nitrogen and oxygen atoms in total. The van der Waals surface area contributed by atoms with Crippen LogP contribution in [0.1, 0.15) is 72.6 Å². The number of ether oxygens (including phenoxy) is 1. The molecular formula is C15H28O2. The van der Waals surface area contributed by atoms with E-state index in [0.29, 0.717) is 5.41 Å². The van der Waals surface area contributed by atoms with Gasteiger partial charge in [0, 0.05) is 6.92 Å². The lowest BCUT2D eigenvalue weighted by Crippen LogP contribution is -2.06. The predicted octanol–water partition coefficient (Wildman–Crippen LogP) is 4.32. The maximum atomic E-state index is 10.1. The Morgan fingerprint density at radius 1 is 1.00 bits per heavy atom. The number of esters is 1. The number of hydrogen-bond acceptors (Lipinski definition) is 2. The molecule has 100 valence electrons. The Labute approximate surface area is 106 Å². The highest BCUT2D eigenvalue weighted by Gasteiger charge is 2.33. The molecule has 0 aromatic rings. The monoisotopic (exact) mass is 240 g/mol. The fourth-order valence-electron chi connectivity index (χ4n) is 1.37. The van der Waals surface area contributed by atoms with Crippen molar-refractivity contribution in [1.82, 2.24) is 0 Å². The van der Waals surface area contributed by atoms with Crippen LogP contribution in [0.2, 0.25) is 0 Å². The summed E-state index contributed by atoms with van der Waals surface area (Å²) in [6.07, 6.45) is 9.86. The standard InChI is InChI=1S/C7H14.C5H8O2.C3H6/c1-7(2,3)6-4-5-6;1-4(6)7-5-2-3-5;1-2-3-1/h6H,4-5H2,1-3H3;5H,2-3H2,1H3;1-3H2. The molecule has 3 aliphatic rings. The molecule has 3 fully saturated rings. The zero-order valence-electron chi connectivity index (χ0n) is 11.9. The fraction of sp³-hybridized carbons (Fsp3) is 0.933. The van der Waals surface area contributed by atoms with Crippen molar-refractivity contribution in [3.05, 3.63) is 0 Å². The van der Waals surface area contributed by atoms with Crippen LogP contribution in [0, 0.1) is 11.3 Å². The molecule has 0 amide bonds. The van der Waals surface area contributed by atoms with Gasteiger partial charge in [0.25, 0.3) is 0 Å². The third kappa shape index (κ3) is 10.3. The van der Waals surface area contributed by atoms with Gasteiger partial charge >= 0.3 is 5.97 Å². The van der Waals surface area contributed by atoms with Crippen LogP contribution in [0.15, 0.2) is 0 Å². The average Bonchev–Trinajstić information content (AvgIpc) is 2.92. The summed E-state index contributed by atoms with van der Waals surface area (Å²) in [5, 5.41) is 0. The molecule has 0 aliphatic heterocycles. The van der Waals surface area contributed by atoms with E-state index in [9.17, 15) is 4.79 Å². The number of hydrogen-bond donors (Lipinski definition) is 0. The van der Waals surface area contributed by atoms with Crippen LogP contribution in [0.3, 0.4) is 0 Å². The highest BCUT2D eigenvalue weighted by molar-refractivity contribution is 5.66. The molecule has 17 heavy (non-hydrogen) atoms. The van der Waals surface area contributed by atoms with E-state index in [1.54, 1.807) is 0 Å². The number of carbonyl (C=O) groups is 1. The van der Waals surface area contributed by atoms with Crippen molar-refractivity contribution in [2.24, 2.45) is 11.3 Å². The van der Waals surface area contributed by atoms with Gasteiger partial charge in [-0.3, -0.25) is 4.79 Å². The van der Waals surface area contributed by atoms with E-state index in [1.807, 2.05) is 0 Å². The van der Waals surface area contributed by atoms with Crippen molar-refractivity contribution in [2.45, 2.75) is 78.7 Å². The minimum atomic E-state index is -0.150. The van der Waals surface area contributed by atoms with E-state index >= 15 is 0 Å². The van der Waals surface area contributed by atoms with E-state index < -0.39 is 0 Å². The fourth-order valence-corrected chi connectivity index (χ4v) is 1.37. The average molecular weight is 240 g/mol. The van der Waals surface area contributed by atoms with E-state index in [4.69, 9.17) is 4.74 Å². The van der Waals surface area contributed by atoms with Gasteiger partial charge in [0.15, 0.2) is 0 Å². The Hall–Kier alpha value is -0.530. The van der Waals surface area contributed by atoms with Gasteiger partial charge in [0.05, 0.1) is 0 Å². The Morgan fingerprint density at radius 2 is 1.47 bits per heavy atom. The van der Waals surface area contributed by atoms with E-state index in [2.05, 4.69) is 20.8 Å². The second kappa shape index (κ2) is 6.42. The van der Waals surface area contributed by atoms with Crippen molar-refractivity contribution >= 4 is 5.97 Å². The smallest absolute Gasteiger partial charge is 0.302 e. The molecule has 2 heteroatoms. The molecule has 0 aromatic carbocycles. The summed E-state index contributed by atoms with van der Waals surface area (Å²) in [5.74, 6) is 0.898. The quantitative estimate of drug-likeness (QED) is 0.638. The largest absolute Gasteiger partial charge is 0.463 e. The van der Waals surface area contributed by atoms with Gasteiger partial charge in [-0.25, -0.2) is 0 Å². The minimum Gasteiger partial charge on any atom is -0.463 e. The predicted molar refractivity (Wildman–Crippen MR) is 70.8 cm³/mol. The molecule has 0 saturated heterocycles. The SMILES string of the molecule is C1CC1.CC(=O)OC1CC1.CC(C)(C)C1CC1. The molecule has 3 saturated carbocycles. The molecule has 0 aromatic heterocycles. The van der Waals surface area contributed by atoms with Gasteiger partial charge in [-0.2, -0.15) is 0 Å². The third-order valence-corrected chi connectivity index (χ3v) is 3.01. The first-order chi connectivity index (χ1) is 7.89. The minimum absolute atomic E-state index is 0.150. The normalized spacial score (nSPS) is 21.4. The van der Waals surface area contributed by atoms with E-state index in [0.717, 1.165) is 18.8 Å². The van der Waals surface area contributed by atoms with Gasteiger partial charge in [0.2, 0.25) is 0 Å². The van der Waals surface area contributed by atoms with Gasteiger partial charge in [-0.1, -0.05) is 40.0 Å². The summed E-state index contributed by atoms with van der Waals surface area (Å²) in [6, 6.07) is 0. The summed E-state index contributed by atoms with van der Waals surface area (Å²) in [7, 11) is 0. The van der Waals surface area contributed by atoms with Crippen LogP contribution in [0.4, 0.5) is 0 Å². The first kappa shape index (κ1) is 14.5. The molecule has 0 N–H and O–H groups in total. The first-order valence-electron chi connectivity index (χ1n) is 7.07. The van der Waals surface area contributed by atoms with Crippen molar-refractivity contribution in [3.63, 3.8) is 0 Å². The summed E-state index contributed by atoms with van der Waals surface area (Å²) in [5.41, 5.74) is 0.611. The van der Waals surface area contributed by atoms with Crippen LogP contribution in [0.25, 0.3) is 0 Å². The van der Waals surface area contributed by atoms with Crippen LogP contribution < -0.4 is 0 Å².